The van der Waals surface area contributed by atoms with Crippen LogP contribution in [0.1, 0.15) is 11.3 Å². The van der Waals surface area contributed by atoms with Gasteiger partial charge in [-0.25, -0.2) is 19.6 Å². The molecule has 0 saturated carbocycles. The van der Waals surface area contributed by atoms with Crippen molar-refractivity contribution in [2.45, 2.75) is 13.5 Å². The Balaban J connectivity index is 1.85. The minimum Gasteiger partial charge on any atom is -0.467 e. The Bertz CT molecular complexity index is 703. The normalized spacial score (nSPS) is 10.7. The molecule has 0 unspecified atom stereocenters. The molecule has 0 saturated heterocycles. The van der Waals surface area contributed by atoms with Gasteiger partial charge in [-0.05, 0) is 24.6 Å². The first kappa shape index (κ1) is 12.3. The zero-order valence-electron chi connectivity index (χ0n) is 11.2. The largest absolute Gasteiger partial charge is 0.467 e. The summed E-state index contributed by atoms with van der Waals surface area (Å²) >= 11 is 0. The Kier molecular flexibility index (Phi) is 3.16. The Morgan fingerprint density at radius 1 is 1.35 bits per heavy atom. The molecule has 0 atom stereocenters. The number of nitrogens with zero attached hydrogens (tertiary/aromatic N) is 5. The van der Waals surface area contributed by atoms with E-state index in [-0.39, 0.29) is 0 Å². The molecule has 20 heavy (non-hydrogen) atoms. The topological polar surface area (TPSA) is 81.7 Å². The number of nitrogens with one attached hydrogen (secondary N) is 1. The molecule has 0 radical (unpaired) electrons. The van der Waals surface area contributed by atoms with Crippen LogP contribution >= 0.6 is 0 Å². The van der Waals surface area contributed by atoms with E-state index in [1.54, 1.807) is 17.1 Å². The Hall–Kier alpha value is -2.70. The van der Waals surface area contributed by atoms with Crippen LogP contribution < -0.4 is 5.32 Å². The third kappa shape index (κ3) is 2.37. The van der Waals surface area contributed by atoms with Crippen molar-refractivity contribution in [2.75, 3.05) is 5.32 Å². The maximum atomic E-state index is 5.26. The van der Waals surface area contributed by atoms with Crippen LogP contribution in [0, 0.1) is 6.92 Å². The van der Waals surface area contributed by atoms with Crippen LogP contribution in [-0.4, -0.2) is 24.7 Å². The molecule has 3 rings (SSSR count). The average Bonchev–Trinajstić information content (AvgIpc) is 3.09. The first-order valence-corrected chi connectivity index (χ1v) is 6.18. The Morgan fingerprint density at radius 3 is 2.95 bits per heavy atom. The number of anilines is 1. The first-order chi connectivity index (χ1) is 9.74. The van der Waals surface area contributed by atoms with Crippen molar-refractivity contribution < 1.29 is 4.42 Å². The molecule has 0 fully saturated rings. The van der Waals surface area contributed by atoms with Gasteiger partial charge in [0.1, 0.15) is 17.8 Å². The van der Waals surface area contributed by atoms with Crippen LogP contribution in [0.15, 0.2) is 35.3 Å². The molecular weight excluding hydrogens is 256 g/mol. The van der Waals surface area contributed by atoms with Crippen molar-refractivity contribution in [1.29, 1.82) is 0 Å². The molecule has 0 aliphatic heterocycles. The fraction of sp³-hybridized carbons (Fsp3) is 0.231. The number of aryl methyl sites for hydroxylation is 2. The molecule has 0 aliphatic rings. The van der Waals surface area contributed by atoms with Gasteiger partial charge in [-0.15, -0.1) is 0 Å². The van der Waals surface area contributed by atoms with Gasteiger partial charge in [0, 0.05) is 13.2 Å². The zero-order chi connectivity index (χ0) is 13.9. The zero-order valence-corrected chi connectivity index (χ0v) is 11.2. The molecule has 102 valence electrons. The van der Waals surface area contributed by atoms with Gasteiger partial charge in [-0.3, -0.25) is 0 Å². The molecule has 0 aromatic carbocycles. The van der Waals surface area contributed by atoms with E-state index in [1.165, 1.54) is 6.33 Å². The van der Waals surface area contributed by atoms with Gasteiger partial charge in [0.2, 0.25) is 5.95 Å². The third-order valence-electron chi connectivity index (χ3n) is 2.90. The van der Waals surface area contributed by atoms with Gasteiger partial charge < -0.3 is 9.73 Å². The second-order valence-corrected chi connectivity index (χ2v) is 4.37. The van der Waals surface area contributed by atoms with Crippen LogP contribution in [0.3, 0.4) is 0 Å². The van der Waals surface area contributed by atoms with Crippen LogP contribution in [0.5, 0.6) is 0 Å². The van der Waals surface area contributed by atoms with Crippen molar-refractivity contribution in [3.63, 3.8) is 0 Å². The van der Waals surface area contributed by atoms with Gasteiger partial charge >= 0.3 is 0 Å². The van der Waals surface area contributed by atoms with Gasteiger partial charge in [0.05, 0.1) is 12.8 Å². The molecule has 0 aliphatic carbocycles. The minimum absolute atomic E-state index is 0.532. The molecule has 0 bridgehead atoms. The van der Waals surface area contributed by atoms with Gasteiger partial charge in [0.25, 0.3) is 0 Å². The van der Waals surface area contributed by atoms with Crippen molar-refractivity contribution in [3.8, 4) is 11.5 Å². The highest BCUT2D eigenvalue weighted by Gasteiger charge is 2.11. The molecule has 0 amide bonds. The summed E-state index contributed by atoms with van der Waals surface area (Å²) in [6.45, 7) is 2.48. The van der Waals surface area contributed by atoms with E-state index < -0.39 is 0 Å². The predicted molar refractivity (Wildman–Crippen MR) is 72.8 cm³/mol. The number of hydrogen-bond donors (Lipinski definition) is 1. The van der Waals surface area contributed by atoms with Gasteiger partial charge in [0.15, 0.2) is 5.82 Å². The van der Waals surface area contributed by atoms with E-state index in [2.05, 4.69) is 25.4 Å². The van der Waals surface area contributed by atoms with Crippen molar-refractivity contribution in [2.24, 2.45) is 7.05 Å². The number of furan rings is 1. The summed E-state index contributed by atoms with van der Waals surface area (Å²) in [5.41, 5.74) is 1.71. The predicted octanol–water partition coefficient (Wildman–Crippen LogP) is 1.79. The van der Waals surface area contributed by atoms with E-state index >= 15 is 0 Å². The fourth-order valence-corrected chi connectivity index (χ4v) is 1.84. The molecule has 7 heteroatoms. The van der Waals surface area contributed by atoms with Crippen LogP contribution in [0.2, 0.25) is 0 Å². The standard InChI is InChI=1S/C13H14N6O/c1-9-6-14-13(15-7-10-4-3-5-20-10)18-11(9)12-16-8-17-19(12)2/h3-6,8H,7H2,1-2H3,(H,14,15,18). The lowest BCUT2D eigenvalue weighted by molar-refractivity contribution is 0.517. The van der Waals surface area contributed by atoms with Crippen LogP contribution in [-0.2, 0) is 13.6 Å². The third-order valence-corrected chi connectivity index (χ3v) is 2.90. The maximum Gasteiger partial charge on any atom is 0.223 e. The molecule has 1 N–H and O–H groups in total. The van der Waals surface area contributed by atoms with Gasteiger partial charge in [-0.1, -0.05) is 0 Å². The first-order valence-electron chi connectivity index (χ1n) is 6.18. The molecule has 3 aromatic rings. The van der Waals surface area contributed by atoms with Crippen molar-refractivity contribution in [3.05, 3.63) is 42.2 Å². The van der Waals surface area contributed by atoms with E-state index in [9.17, 15) is 0 Å². The molecule has 0 spiro atoms. The summed E-state index contributed by atoms with van der Waals surface area (Å²) in [4.78, 5) is 13.0. The van der Waals surface area contributed by atoms with E-state index in [1.807, 2.05) is 26.1 Å². The quantitative estimate of drug-likeness (QED) is 0.778. The summed E-state index contributed by atoms with van der Waals surface area (Å²) in [6, 6.07) is 3.74. The highest BCUT2D eigenvalue weighted by atomic mass is 16.3. The van der Waals surface area contributed by atoms with E-state index in [4.69, 9.17) is 4.42 Å². The lowest BCUT2D eigenvalue weighted by Crippen LogP contribution is -2.06. The smallest absolute Gasteiger partial charge is 0.223 e. The Morgan fingerprint density at radius 2 is 2.25 bits per heavy atom. The SMILES string of the molecule is Cc1cnc(NCc2ccco2)nc1-c1ncnn1C. The highest BCUT2D eigenvalue weighted by Crippen LogP contribution is 2.18. The summed E-state index contributed by atoms with van der Waals surface area (Å²) < 4.78 is 6.94. The van der Waals surface area contributed by atoms with Crippen molar-refractivity contribution >= 4 is 5.95 Å². The van der Waals surface area contributed by atoms with Gasteiger partial charge in [-0.2, -0.15) is 5.10 Å². The second kappa shape index (κ2) is 5.12. The highest BCUT2D eigenvalue weighted by molar-refractivity contribution is 5.55. The van der Waals surface area contributed by atoms with E-state index in [0.717, 1.165) is 17.0 Å². The second-order valence-electron chi connectivity index (χ2n) is 4.37. The number of hydrogen-bond acceptors (Lipinski definition) is 6. The molecular formula is C13H14N6O. The molecule has 3 aromatic heterocycles. The monoisotopic (exact) mass is 270 g/mol. The fourth-order valence-electron chi connectivity index (χ4n) is 1.84. The minimum atomic E-state index is 0.532. The summed E-state index contributed by atoms with van der Waals surface area (Å²) in [6.07, 6.45) is 4.91. The molecule has 3 heterocycles. The summed E-state index contributed by atoms with van der Waals surface area (Å²) in [7, 11) is 1.83. The Labute approximate surface area is 115 Å². The average molecular weight is 270 g/mol. The van der Waals surface area contributed by atoms with Crippen LogP contribution in [0.4, 0.5) is 5.95 Å². The van der Waals surface area contributed by atoms with Crippen LogP contribution in [0.25, 0.3) is 11.5 Å². The number of aromatic nitrogens is 5. The maximum absolute atomic E-state index is 5.26. The van der Waals surface area contributed by atoms with E-state index in [0.29, 0.717) is 18.3 Å². The summed E-state index contributed by atoms with van der Waals surface area (Å²) in [5.74, 6) is 2.07. The lowest BCUT2D eigenvalue weighted by atomic mass is 10.2. The summed E-state index contributed by atoms with van der Waals surface area (Å²) in [5, 5.41) is 7.18. The molecule has 7 nitrogen and oxygen atoms in total. The number of rotatable bonds is 4. The lowest BCUT2D eigenvalue weighted by Gasteiger charge is -2.07. The van der Waals surface area contributed by atoms with Crippen molar-refractivity contribution in [1.82, 2.24) is 24.7 Å².